The van der Waals surface area contributed by atoms with Crippen LogP contribution in [0.5, 0.6) is 0 Å². The largest absolute Gasteiger partial charge is 0.393 e. The van der Waals surface area contributed by atoms with Gasteiger partial charge in [0.05, 0.1) is 11.1 Å². The molecule has 2 atom stereocenters. The van der Waals surface area contributed by atoms with E-state index in [1.165, 1.54) is 0 Å². The first-order valence-corrected chi connectivity index (χ1v) is 5.46. The summed E-state index contributed by atoms with van der Waals surface area (Å²) < 4.78 is 5.22. The summed E-state index contributed by atoms with van der Waals surface area (Å²) in [6.07, 6.45) is 0.258. The minimum absolute atomic E-state index is 0.258. The number of nitrogens with zero attached hydrogens (tertiary/aromatic N) is 1. The Kier molecular flexibility index (Phi) is 7.05. The van der Waals surface area contributed by atoms with E-state index < -0.39 is 0 Å². The van der Waals surface area contributed by atoms with Gasteiger partial charge in [-0.25, -0.2) is 0 Å². The fourth-order valence-electron chi connectivity index (χ4n) is 1.25. The zero-order chi connectivity index (χ0) is 11.1. The van der Waals surface area contributed by atoms with E-state index in [2.05, 4.69) is 25.7 Å². The molecule has 0 amide bonds. The van der Waals surface area contributed by atoms with Crippen LogP contribution in [0.15, 0.2) is 0 Å². The van der Waals surface area contributed by atoms with Crippen LogP contribution < -0.4 is 5.73 Å². The van der Waals surface area contributed by atoms with E-state index in [-0.39, 0.29) is 12.0 Å². The maximum atomic E-state index is 5.58. The molecular weight excluding hydrogens is 196 g/mol. The summed E-state index contributed by atoms with van der Waals surface area (Å²) in [6.45, 7) is 9.10. The molecule has 0 fully saturated rings. The second kappa shape index (κ2) is 7.15. The summed E-state index contributed by atoms with van der Waals surface area (Å²) in [4.78, 5) is 2.89. The first-order valence-electron chi connectivity index (χ1n) is 5.05. The molecule has 0 aromatic heterocycles. The Balaban J connectivity index is 3.96. The van der Waals surface area contributed by atoms with Crippen molar-refractivity contribution in [3.05, 3.63) is 0 Å². The number of rotatable bonds is 7. The smallest absolute Gasteiger partial charge is 0.0768 e. The zero-order valence-electron chi connectivity index (χ0n) is 9.62. The van der Waals surface area contributed by atoms with Crippen LogP contribution in [0.25, 0.3) is 0 Å². The van der Waals surface area contributed by atoms with Crippen LogP contribution in [0.2, 0.25) is 0 Å². The normalized spacial score (nSPS) is 15.5. The topological polar surface area (TPSA) is 38.5 Å². The van der Waals surface area contributed by atoms with E-state index in [1.54, 1.807) is 7.11 Å². The van der Waals surface area contributed by atoms with Gasteiger partial charge in [0.15, 0.2) is 0 Å². The van der Waals surface area contributed by atoms with Crippen molar-refractivity contribution in [1.82, 2.24) is 4.90 Å². The Morgan fingerprint density at radius 2 is 2.00 bits per heavy atom. The molecule has 0 heterocycles. The number of hydrogen-bond donors (Lipinski definition) is 1. The molecular formula is C10H22N2OS. The van der Waals surface area contributed by atoms with Crippen LogP contribution in [-0.2, 0) is 4.74 Å². The predicted octanol–water partition coefficient (Wildman–Crippen LogP) is 1.27. The summed E-state index contributed by atoms with van der Waals surface area (Å²) in [6, 6.07) is 0. The fourth-order valence-corrected chi connectivity index (χ4v) is 1.32. The highest BCUT2D eigenvalue weighted by Gasteiger charge is 2.13. The maximum absolute atomic E-state index is 5.58. The van der Waals surface area contributed by atoms with Gasteiger partial charge in [-0.2, -0.15) is 0 Å². The molecule has 3 nitrogen and oxygen atoms in total. The summed E-state index contributed by atoms with van der Waals surface area (Å²) in [5, 5.41) is 0. The first kappa shape index (κ1) is 13.8. The van der Waals surface area contributed by atoms with E-state index in [4.69, 9.17) is 22.7 Å². The average Bonchev–Trinajstić information content (AvgIpc) is 2.16. The highest BCUT2D eigenvalue weighted by Crippen LogP contribution is 2.02. The summed E-state index contributed by atoms with van der Waals surface area (Å²) in [7, 11) is 1.73. The van der Waals surface area contributed by atoms with Crippen molar-refractivity contribution in [2.45, 2.75) is 26.9 Å². The Morgan fingerprint density at radius 3 is 2.36 bits per heavy atom. The van der Waals surface area contributed by atoms with Crippen molar-refractivity contribution in [2.75, 3.05) is 26.7 Å². The Bertz CT molecular complexity index is 176. The van der Waals surface area contributed by atoms with Crippen molar-refractivity contribution in [3.8, 4) is 0 Å². The lowest BCUT2D eigenvalue weighted by atomic mass is 10.1. The van der Waals surface area contributed by atoms with Gasteiger partial charge < -0.3 is 15.4 Å². The molecule has 84 valence electrons. The Hall–Kier alpha value is -0.190. The monoisotopic (exact) mass is 218 g/mol. The fraction of sp³-hybridized carbons (Fsp3) is 0.900. The minimum Gasteiger partial charge on any atom is -0.393 e. The number of hydrogen-bond acceptors (Lipinski definition) is 3. The average molecular weight is 218 g/mol. The molecule has 2 unspecified atom stereocenters. The van der Waals surface area contributed by atoms with E-state index in [1.807, 2.05) is 0 Å². The minimum atomic E-state index is 0.258. The molecule has 0 aliphatic heterocycles. The van der Waals surface area contributed by atoms with Crippen molar-refractivity contribution >= 4 is 17.2 Å². The Labute approximate surface area is 92.6 Å². The summed E-state index contributed by atoms with van der Waals surface area (Å²) >= 11 is 4.95. The maximum Gasteiger partial charge on any atom is 0.0768 e. The third-order valence-electron chi connectivity index (χ3n) is 2.38. The molecule has 0 spiro atoms. The highest BCUT2D eigenvalue weighted by molar-refractivity contribution is 7.80. The van der Waals surface area contributed by atoms with Crippen molar-refractivity contribution in [3.63, 3.8) is 0 Å². The summed E-state index contributed by atoms with van der Waals surface area (Å²) in [5.74, 6) is 0.272. The Morgan fingerprint density at radius 1 is 1.43 bits per heavy atom. The number of nitrogens with two attached hydrogens (primary N) is 1. The van der Waals surface area contributed by atoms with Gasteiger partial charge >= 0.3 is 0 Å². The van der Waals surface area contributed by atoms with Gasteiger partial charge in [-0.3, -0.25) is 0 Å². The van der Waals surface area contributed by atoms with Gasteiger partial charge in [0, 0.05) is 26.1 Å². The lowest BCUT2D eigenvalue weighted by Crippen LogP contribution is -2.38. The number of thiocarbonyl (C=S) groups is 1. The quantitative estimate of drug-likeness (QED) is 0.653. The molecule has 4 heteroatoms. The molecule has 0 saturated heterocycles. The highest BCUT2D eigenvalue weighted by atomic mass is 32.1. The SMILES string of the molecule is CCN(CC(C)OC)CC(C)C(N)=S. The molecule has 0 aromatic rings. The van der Waals surface area contributed by atoms with E-state index in [0.717, 1.165) is 19.6 Å². The van der Waals surface area contributed by atoms with E-state index in [0.29, 0.717) is 4.99 Å². The molecule has 0 aliphatic carbocycles. The zero-order valence-corrected chi connectivity index (χ0v) is 10.4. The molecule has 0 aromatic carbocycles. The van der Waals surface area contributed by atoms with E-state index in [9.17, 15) is 0 Å². The first-order chi connectivity index (χ1) is 6.51. The third kappa shape index (κ3) is 5.52. The molecule has 0 aliphatic rings. The van der Waals surface area contributed by atoms with Crippen LogP contribution >= 0.6 is 12.2 Å². The third-order valence-corrected chi connectivity index (χ3v) is 2.79. The van der Waals surface area contributed by atoms with Crippen molar-refractivity contribution in [2.24, 2.45) is 11.7 Å². The molecule has 0 radical (unpaired) electrons. The molecule has 0 rings (SSSR count). The second-order valence-electron chi connectivity index (χ2n) is 3.70. The van der Waals surface area contributed by atoms with Gasteiger partial charge in [-0.15, -0.1) is 0 Å². The molecule has 0 bridgehead atoms. The van der Waals surface area contributed by atoms with Crippen LogP contribution in [-0.4, -0.2) is 42.7 Å². The van der Waals surface area contributed by atoms with Gasteiger partial charge in [-0.1, -0.05) is 26.1 Å². The lowest BCUT2D eigenvalue weighted by molar-refractivity contribution is 0.0768. The van der Waals surface area contributed by atoms with Gasteiger partial charge in [0.2, 0.25) is 0 Å². The van der Waals surface area contributed by atoms with Crippen LogP contribution in [0.3, 0.4) is 0 Å². The second-order valence-corrected chi connectivity index (χ2v) is 4.17. The van der Waals surface area contributed by atoms with Crippen LogP contribution in [0.1, 0.15) is 20.8 Å². The number of ether oxygens (including phenoxy) is 1. The van der Waals surface area contributed by atoms with Crippen LogP contribution in [0, 0.1) is 5.92 Å². The van der Waals surface area contributed by atoms with Crippen molar-refractivity contribution in [1.29, 1.82) is 0 Å². The lowest BCUT2D eigenvalue weighted by Gasteiger charge is -2.26. The van der Waals surface area contributed by atoms with Gasteiger partial charge in [-0.05, 0) is 13.5 Å². The molecule has 0 saturated carbocycles. The summed E-state index contributed by atoms with van der Waals surface area (Å²) in [5.41, 5.74) is 5.58. The van der Waals surface area contributed by atoms with Gasteiger partial charge in [0.1, 0.15) is 0 Å². The number of likely N-dealkylation sites (N-methyl/N-ethyl adjacent to an activating group) is 1. The molecule has 2 N–H and O–H groups in total. The van der Waals surface area contributed by atoms with Crippen molar-refractivity contribution < 1.29 is 4.74 Å². The molecule has 14 heavy (non-hydrogen) atoms. The van der Waals surface area contributed by atoms with Gasteiger partial charge in [0.25, 0.3) is 0 Å². The standard InChI is InChI=1S/C10H22N2OS/c1-5-12(7-9(3)13-4)6-8(2)10(11)14/h8-9H,5-7H2,1-4H3,(H2,11,14). The van der Waals surface area contributed by atoms with E-state index >= 15 is 0 Å². The number of methoxy groups -OCH3 is 1. The van der Waals surface area contributed by atoms with Crippen LogP contribution in [0.4, 0.5) is 0 Å². The predicted molar refractivity (Wildman–Crippen MR) is 64.5 cm³/mol.